The van der Waals surface area contributed by atoms with E-state index in [9.17, 15) is 0 Å². The van der Waals surface area contributed by atoms with Gasteiger partial charge in [0.2, 0.25) is 0 Å². The van der Waals surface area contributed by atoms with E-state index in [0.717, 1.165) is 34.5 Å². The number of fused-ring (bicyclic) bond motifs is 7. The zero-order chi connectivity index (χ0) is 12.4. The third-order valence-electron chi connectivity index (χ3n) is 3.60. The molecule has 1 aliphatic rings. The molecule has 5 heteroatoms. The van der Waals surface area contributed by atoms with Gasteiger partial charge in [0.05, 0.1) is 22.7 Å². The van der Waals surface area contributed by atoms with E-state index in [2.05, 4.69) is 14.5 Å². The van der Waals surface area contributed by atoms with Gasteiger partial charge in [-0.2, -0.15) is 0 Å². The smallest absolute Gasteiger partial charge is 0.385 e. The maximum Gasteiger partial charge on any atom is 0.385 e. The molecule has 0 atom stereocenters. The number of oxazole rings is 1. The number of pyridine rings is 2. The Kier molecular flexibility index (Phi) is 1.46. The molecule has 90 valence electrons. The van der Waals surface area contributed by atoms with Gasteiger partial charge in [-0.3, -0.25) is 9.97 Å². The SMILES string of the molecule is c1cc2c(cn1)C[n+]1c-2oc2oc3cnccc3c21. The van der Waals surface area contributed by atoms with Crippen LogP contribution in [0, 0.1) is 0 Å². The fraction of sp³-hybridized carbons (Fsp3) is 0.0714. The van der Waals surface area contributed by atoms with Crippen LogP contribution in [0.25, 0.3) is 33.7 Å². The topological polar surface area (TPSA) is 55.9 Å². The molecule has 0 radical (unpaired) electrons. The summed E-state index contributed by atoms with van der Waals surface area (Å²) in [5, 5.41) is 1.03. The Morgan fingerprint density at radius 2 is 1.95 bits per heavy atom. The maximum atomic E-state index is 5.86. The van der Waals surface area contributed by atoms with E-state index < -0.39 is 0 Å². The first-order valence-corrected chi connectivity index (χ1v) is 6.04. The Hall–Kier alpha value is -2.69. The third kappa shape index (κ3) is 1.03. The second-order valence-corrected chi connectivity index (χ2v) is 4.64. The van der Waals surface area contributed by atoms with Gasteiger partial charge in [0.15, 0.2) is 12.1 Å². The Morgan fingerprint density at radius 3 is 2.95 bits per heavy atom. The van der Waals surface area contributed by atoms with Crippen LogP contribution in [0.4, 0.5) is 0 Å². The van der Waals surface area contributed by atoms with Gasteiger partial charge in [-0.15, -0.1) is 4.57 Å². The van der Waals surface area contributed by atoms with Crippen molar-refractivity contribution in [3.63, 3.8) is 0 Å². The van der Waals surface area contributed by atoms with Crippen LogP contribution in [-0.2, 0) is 6.54 Å². The van der Waals surface area contributed by atoms with E-state index in [1.54, 1.807) is 18.6 Å². The van der Waals surface area contributed by atoms with Crippen LogP contribution in [-0.4, -0.2) is 9.97 Å². The number of rotatable bonds is 0. The summed E-state index contributed by atoms with van der Waals surface area (Å²) in [6, 6.07) is 3.92. The summed E-state index contributed by atoms with van der Waals surface area (Å²) < 4.78 is 13.7. The van der Waals surface area contributed by atoms with Crippen LogP contribution in [0.5, 0.6) is 0 Å². The highest BCUT2D eigenvalue weighted by Crippen LogP contribution is 2.34. The molecule has 0 bridgehead atoms. The summed E-state index contributed by atoms with van der Waals surface area (Å²) in [5.41, 5.74) is 4.00. The molecular weight excluding hydrogens is 242 g/mol. The second-order valence-electron chi connectivity index (χ2n) is 4.64. The van der Waals surface area contributed by atoms with Crippen molar-refractivity contribution in [1.29, 1.82) is 0 Å². The van der Waals surface area contributed by atoms with Gasteiger partial charge in [0, 0.05) is 18.6 Å². The highest BCUT2D eigenvalue weighted by molar-refractivity contribution is 5.98. The summed E-state index contributed by atoms with van der Waals surface area (Å²) >= 11 is 0. The van der Waals surface area contributed by atoms with Gasteiger partial charge >= 0.3 is 17.2 Å². The minimum Gasteiger partial charge on any atom is -0.418 e. The normalized spacial score (nSPS) is 13.1. The molecule has 0 saturated carbocycles. The van der Waals surface area contributed by atoms with E-state index >= 15 is 0 Å². The molecule has 0 aromatic carbocycles. The molecule has 5 heterocycles. The molecule has 0 aliphatic carbocycles. The van der Waals surface area contributed by atoms with Gasteiger partial charge in [0.25, 0.3) is 0 Å². The Morgan fingerprint density at radius 1 is 1.05 bits per heavy atom. The van der Waals surface area contributed by atoms with Crippen molar-refractivity contribution in [3.05, 3.63) is 42.5 Å². The molecule has 0 fully saturated rings. The van der Waals surface area contributed by atoms with Crippen molar-refractivity contribution >= 4 is 22.3 Å². The first-order valence-electron chi connectivity index (χ1n) is 6.04. The summed E-state index contributed by atoms with van der Waals surface area (Å²) in [7, 11) is 0. The molecule has 5 rings (SSSR count). The van der Waals surface area contributed by atoms with Crippen molar-refractivity contribution in [2.24, 2.45) is 0 Å². The molecule has 1 aliphatic heterocycles. The van der Waals surface area contributed by atoms with Crippen molar-refractivity contribution in [2.75, 3.05) is 0 Å². The van der Waals surface area contributed by atoms with E-state index in [1.807, 2.05) is 18.3 Å². The summed E-state index contributed by atoms with van der Waals surface area (Å²) in [4.78, 5) is 8.23. The van der Waals surface area contributed by atoms with E-state index in [-0.39, 0.29) is 0 Å². The predicted octanol–water partition coefficient (Wildman–Crippen LogP) is 2.29. The van der Waals surface area contributed by atoms with Gasteiger partial charge in [0.1, 0.15) is 0 Å². The number of hydrogen-bond donors (Lipinski definition) is 0. The van der Waals surface area contributed by atoms with Crippen LogP contribution in [0.2, 0.25) is 0 Å². The molecule has 0 saturated heterocycles. The molecule has 19 heavy (non-hydrogen) atoms. The zero-order valence-electron chi connectivity index (χ0n) is 9.83. The Balaban J connectivity index is 1.94. The van der Waals surface area contributed by atoms with Crippen LogP contribution in [0.15, 0.2) is 45.8 Å². The third-order valence-corrected chi connectivity index (χ3v) is 3.60. The lowest BCUT2D eigenvalue weighted by atomic mass is 10.2. The lowest BCUT2D eigenvalue weighted by molar-refractivity contribution is -0.648. The number of furan rings is 1. The number of aromatic nitrogens is 3. The Labute approximate surface area is 107 Å². The average Bonchev–Trinajstić information content (AvgIpc) is 3.05. The van der Waals surface area contributed by atoms with Gasteiger partial charge in [-0.05, 0) is 12.1 Å². The van der Waals surface area contributed by atoms with Crippen molar-refractivity contribution < 1.29 is 13.4 Å². The zero-order valence-corrected chi connectivity index (χ0v) is 9.83. The summed E-state index contributed by atoms with van der Waals surface area (Å²) in [5.74, 6) is 1.39. The molecule has 0 unspecified atom stereocenters. The summed E-state index contributed by atoms with van der Waals surface area (Å²) in [6.07, 6.45) is 7.14. The maximum absolute atomic E-state index is 5.86. The lowest BCUT2D eigenvalue weighted by Gasteiger charge is -1.87. The van der Waals surface area contributed by atoms with Crippen molar-refractivity contribution in [2.45, 2.75) is 6.54 Å². The Bertz CT molecular complexity index is 952. The quantitative estimate of drug-likeness (QED) is 0.396. The standard InChI is InChI=1S/C14H8N3O2/c1-3-15-5-8-7-17-12-10-2-4-16-6-11(10)18-14(12)19-13(17)9(1)8/h1-6H,7H2/q+1. The largest absolute Gasteiger partial charge is 0.418 e. The predicted molar refractivity (Wildman–Crippen MR) is 66.3 cm³/mol. The second kappa shape index (κ2) is 3.00. The first kappa shape index (κ1) is 9.27. The minimum atomic E-state index is 0.556. The first-order chi connectivity index (χ1) is 9.42. The molecule has 5 nitrogen and oxygen atoms in total. The fourth-order valence-electron chi connectivity index (χ4n) is 2.77. The van der Waals surface area contributed by atoms with Crippen LogP contribution in [0.1, 0.15) is 5.56 Å². The highest BCUT2D eigenvalue weighted by atomic mass is 16.5. The van der Waals surface area contributed by atoms with Crippen molar-refractivity contribution in [1.82, 2.24) is 9.97 Å². The van der Waals surface area contributed by atoms with Gasteiger partial charge in [-0.25, -0.2) is 0 Å². The van der Waals surface area contributed by atoms with E-state index in [0.29, 0.717) is 5.78 Å². The molecule has 0 spiro atoms. The molecule has 0 amide bonds. The summed E-state index contributed by atoms with van der Waals surface area (Å²) in [6.45, 7) is 0.766. The van der Waals surface area contributed by atoms with Crippen molar-refractivity contribution in [3.8, 4) is 11.5 Å². The van der Waals surface area contributed by atoms with Gasteiger partial charge in [-0.1, -0.05) is 0 Å². The minimum absolute atomic E-state index is 0.556. The fourth-order valence-corrected chi connectivity index (χ4v) is 2.77. The highest BCUT2D eigenvalue weighted by Gasteiger charge is 2.36. The van der Waals surface area contributed by atoms with E-state index in [4.69, 9.17) is 8.83 Å². The molecular formula is C14H8N3O2+. The van der Waals surface area contributed by atoms with Crippen LogP contribution < -0.4 is 4.57 Å². The number of nitrogens with zero attached hydrogens (tertiary/aromatic N) is 3. The number of hydrogen-bond acceptors (Lipinski definition) is 4. The molecule has 4 aromatic rings. The average molecular weight is 250 g/mol. The van der Waals surface area contributed by atoms with Crippen LogP contribution in [0.3, 0.4) is 0 Å². The van der Waals surface area contributed by atoms with E-state index in [1.165, 1.54) is 5.56 Å². The van der Waals surface area contributed by atoms with Gasteiger partial charge < -0.3 is 8.83 Å². The van der Waals surface area contributed by atoms with Crippen LogP contribution >= 0.6 is 0 Å². The monoisotopic (exact) mass is 250 g/mol. The lowest BCUT2D eigenvalue weighted by Crippen LogP contribution is -2.30. The molecule has 4 aromatic heterocycles. The molecule has 0 N–H and O–H groups in total.